The quantitative estimate of drug-likeness (QED) is 0.430. The van der Waals surface area contributed by atoms with E-state index in [0.29, 0.717) is 23.3 Å². The van der Waals surface area contributed by atoms with Crippen molar-refractivity contribution in [3.63, 3.8) is 0 Å². The van der Waals surface area contributed by atoms with E-state index in [2.05, 4.69) is 9.97 Å². The van der Waals surface area contributed by atoms with E-state index in [1.165, 1.54) is 26.4 Å². The summed E-state index contributed by atoms with van der Waals surface area (Å²) in [6.45, 7) is 2.25. The molecule has 3 aromatic heterocycles. The van der Waals surface area contributed by atoms with Gasteiger partial charge in [-0.3, -0.25) is 0 Å². The second-order valence-corrected chi connectivity index (χ2v) is 6.93. The number of aryl methyl sites for hydroxylation is 1. The van der Waals surface area contributed by atoms with Crippen molar-refractivity contribution >= 4 is 28.6 Å². The van der Waals surface area contributed by atoms with Crippen molar-refractivity contribution in [2.75, 3.05) is 14.2 Å². The average Bonchev–Trinajstić information content (AvgIpc) is 3.36. The SMILES string of the molecule is COC(=O)c1nc(-c2ccc(Cl)c(OC)c2F)nc2c1cc(C)n2Cc1ccco1. The monoisotopic (exact) mass is 429 g/mol. The number of rotatable bonds is 5. The maximum atomic E-state index is 15.0. The standard InChI is InChI=1S/C21H17ClFN3O4/c1-11-9-14-17(21(27)29-3)24-19(13-6-7-15(22)18(28-2)16(13)23)25-20(14)26(11)10-12-5-4-8-30-12/h4-9H,10H2,1-3H3. The highest BCUT2D eigenvalue weighted by molar-refractivity contribution is 6.32. The molecule has 0 bridgehead atoms. The Morgan fingerprint density at radius 2 is 2.07 bits per heavy atom. The highest BCUT2D eigenvalue weighted by Gasteiger charge is 2.23. The van der Waals surface area contributed by atoms with E-state index in [1.54, 1.807) is 18.4 Å². The smallest absolute Gasteiger partial charge is 0.357 e. The van der Waals surface area contributed by atoms with Crippen LogP contribution in [0.2, 0.25) is 5.02 Å². The average molecular weight is 430 g/mol. The minimum Gasteiger partial charge on any atom is -0.492 e. The first kappa shape index (κ1) is 19.9. The number of nitrogens with zero attached hydrogens (tertiary/aromatic N) is 3. The van der Waals surface area contributed by atoms with Crippen LogP contribution in [-0.2, 0) is 11.3 Å². The number of carbonyl (C=O) groups is 1. The Morgan fingerprint density at radius 3 is 2.73 bits per heavy atom. The molecule has 7 nitrogen and oxygen atoms in total. The van der Waals surface area contributed by atoms with Gasteiger partial charge in [-0.15, -0.1) is 0 Å². The molecule has 0 radical (unpaired) electrons. The molecule has 0 saturated heterocycles. The zero-order valence-corrected chi connectivity index (χ0v) is 17.2. The predicted octanol–water partition coefficient (Wildman–Crippen LogP) is 4.64. The number of halogens is 2. The molecule has 0 aliphatic heterocycles. The Labute approximate surface area is 176 Å². The summed E-state index contributed by atoms with van der Waals surface area (Å²) >= 11 is 6.00. The van der Waals surface area contributed by atoms with E-state index < -0.39 is 11.8 Å². The largest absolute Gasteiger partial charge is 0.492 e. The Kier molecular flexibility index (Phi) is 5.17. The third-order valence-electron chi connectivity index (χ3n) is 4.73. The lowest BCUT2D eigenvalue weighted by Crippen LogP contribution is -2.09. The summed E-state index contributed by atoms with van der Waals surface area (Å²) in [5, 5.41) is 0.612. The van der Waals surface area contributed by atoms with Crippen molar-refractivity contribution in [1.82, 2.24) is 14.5 Å². The molecule has 0 fully saturated rings. The molecule has 0 unspecified atom stereocenters. The van der Waals surface area contributed by atoms with Gasteiger partial charge in [0.15, 0.2) is 23.1 Å². The normalized spacial score (nSPS) is 11.1. The van der Waals surface area contributed by atoms with E-state index in [0.717, 1.165) is 5.69 Å². The fourth-order valence-electron chi connectivity index (χ4n) is 3.27. The summed E-state index contributed by atoms with van der Waals surface area (Å²) in [5.74, 6) is -0.787. The molecule has 30 heavy (non-hydrogen) atoms. The van der Waals surface area contributed by atoms with Crippen LogP contribution in [0.3, 0.4) is 0 Å². The summed E-state index contributed by atoms with van der Waals surface area (Å²) in [4.78, 5) is 21.3. The van der Waals surface area contributed by atoms with E-state index in [4.69, 9.17) is 25.5 Å². The molecule has 0 saturated carbocycles. The third kappa shape index (κ3) is 3.29. The van der Waals surface area contributed by atoms with E-state index in [9.17, 15) is 4.79 Å². The molecule has 9 heteroatoms. The van der Waals surface area contributed by atoms with Gasteiger partial charge in [0.1, 0.15) is 11.4 Å². The topological polar surface area (TPSA) is 79.4 Å². The van der Waals surface area contributed by atoms with Crippen LogP contribution in [0, 0.1) is 12.7 Å². The van der Waals surface area contributed by atoms with Gasteiger partial charge >= 0.3 is 5.97 Å². The number of esters is 1. The molecular formula is C21H17ClFN3O4. The number of benzene rings is 1. The fourth-order valence-corrected chi connectivity index (χ4v) is 3.50. The number of hydrogen-bond donors (Lipinski definition) is 0. The van der Waals surface area contributed by atoms with Crippen molar-refractivity contribution in [3.05, 3.63) is 64.6 Å². The van der Waals surface area contributed by atoms with Crippen LogP contribution in [0.1, 0.15) is 21.9 Å². The number of furan rings is 1. The van der Waals surface area contributed by atoms with Crippen LogP contribution in [0.25, 0.3) is 22.4 Å². The molecule has 1 aromatic carbocycles. The van der Waals surface area contributed by atoms with Gasteiger partial charge in [0.2, 0.25) is 0 Å². The van der Waals surface area contributed by atoms with Gasteiger partial charge in [0.05, 0.1) is 43.0 Å². The lowest BCUT2D eigenvalue weighted by Gasteiger charge is -2.11. The van der Waals surface area contributed by atoms with Gasteiger partial charge in [-0.1, -0.05) is 11.6 Å². The number of ether oxygens (including phenoxy) is 2. The molecular weight excluding hydrogens is 413 g/mol. The lowest BCUT2D eigenvalue weighted by molar-refractivity contribution is 0.0596. The van der Waals surface area contributed by atoms with Gasteiger partial charge < -0.3 is 18.5 Å². The van der Waals surface area contributed by atoms with Crippen molar-refractivity contribution in [1.29, 1.82) is 0 Å². The predicted molar refractivity (Wildman–Crippen MR) is 108 cm³/mol. The van der Waals surface area contributed by atoms with Crippen molar-refractivity contribution in [2.24, 2.45) is 0 Å². The van der Waals surface area contributed by atoms with Gasteiger partial charge in [-0.25, -0.2) is 19.2 Å². The molecule has 0 aliphatic carbocycles. The number of aromatic nitrogens is 3. The van der Waals surface area contributed by atoms with Crippen LogP contribution >= 0.6 is 11.6 Å². The summed E-state index contributed by atoms with van der Waals surface area (Å²) < 4.78 is 32.3. The summed E-state index contributed by atoms with van der Waals surface area (Å²) in [6.07, 6.45) is 1.58. The minimum atomic E-state index is -0.721. The number of fused-ring (bicyclic) bond motifs is 1. The van der Waals surface area contributed by atoms with Crippen molar-refractivity contribution in [3.8, 4) is 17.1 Å². The Morgan fingerprint density at radius 1 is 1.27 bits per heavy atom. The fraction of sp³-hybridized carbons (Fsp3) is 0.190. The van der Waals surface area contributed by atoms with Crippen LogP contribution < -0.4 is 4.74 Å². The molecule has 4 rings (SSSR count). The molecule has 3 heterocycles. The second-order valence-electron chi connectivity index (χ2n) is 6.52. The maximum Gasteiger partial charge on any atom is 0.357 e. The zero-order valence-electron chi connectivity index (χ0n) is 16.4. The Bertz CT molecular complexity index is 1250. The van der Waals surface area contributed by atoms with Gasteiger partial charge in [0.25, 0.3) is 0 Å². The van der Waals surface area contributed by atoms with E-state index in [1.807, 2.05) is 17.6 Å². The molecule has 0 spiro atoms. The van der Waals surface area contributed by atoms with Crippen LogP contribution in [0.15, 0.2) is 41.0 Å². The van der Waals surface area contributed by atoms with Gasteiger partial charge in [-0.05, 0) is 37.3 Å². The first-order chi connectivity index (χ1) is 14.4. The number of methoxy groups -OCH3 is 2. The van der Waals surface area contributed by atoms with E-state index in [-0.39, 0.29) is 27.9 Å². The Balaban J connectivity index is 1.99. The second kappa shape index (κ2) is 7.79. The highest BCUT2D eigenvalue weighted by atomic mass is 35.5. The first-order valence-electron chi connectivity index (χ1n) is 8.95. The number of carbonyl (C=O) groups excluding carboxylic acids is 1. The van der Waals surface area contributed by atoms with Gasteiger partial charge in [-0.2, -0.15) is 0 Å². The summed E-state index contributed by atoms with van der Waals surface area (Å²) in [6, 6.07) is 8.32. The third-order valence-corrected chi connectivity index (χ3v) is 5.02. The van der Waals surface area contributed by atoms with Crippen LogP contribution in [0.5, 0.6) is 5.75 Å². The maximum absolute atomic E-state index is 15.0. The lowest BCUT2D eigenvalue weighted by atomic mass is 10.1. The number of hydrogen-bond acceptors (Lipinski definition) is 6. The van der Waals surface area contributed by atoms with Crippen molar-refractivity contribution < 1.29 is 23.1 Å². The zero-order chi connectivity index (χ0) is 21.4. The highest BCUT2D eigenvalue weighted by Crippen LogP contribution is 2.35. The molecule has 154 valence electrons. The molecule has 0 aliphatic rings. The van der Waals surface area contributed by atoms with Crippen LogP contribution in [-0.4, -0.2) is 34.7 Å². The first-order valence-corrected chi connectivity index (χ1v) is 9.33. The molecule has 0 atom stereocenters. The summed E-state index contributed by atoms with van der Waals surface area (Å²) in [7, 11) is 2.57. The minimum absolute atomic E-state index is 0.00848. The van der Waals surface area contributed by atoms with Crippen molar-refractivity contribution in [2.45, 2.75) is 13.5 Å². The molecule has 4 aromatic rings. The molecule has 0 N–H and O–H groups in total. The van der Waals surface area contributed by atoms with Gasteiger partial charge in [0, 0.05) is 5.69 Å². The summed E-state index contributed by atoms with van der Waals surface area (Å²) in [5.41, 5.74) is 1.36. The Hall–Kier alpha value is -3.39. The molecule has 0 amide bonds. The van der Waals surface area contributed by atoms with Crippen LogP contribution in [0.4, 0.5) is 4.39 Å². The van der Waals surface area contributed by atoms with E-state index >= 15 is 4.39 Å².